The molecule has 0 bridgehead atoms. The second-order valence-corrected chi connectivity index (χ2v) is 6.67. The Hall–Kier alpha value is -2.55. The zero-order valence-corrected chi connectivity index (χ0v) is 16.1. The SMILES string of the molecule is CCNC(=O)NC(=O)C(C)Sc1nnc(-c2ccccc2OC)n1CC. The third kappa shape index (κ3) is 4.54. The van der Waals surface area contributed by atoms with Gasteiger partial charge in [0.1, 0.15) is 5.75 Å². The number of imide groups is 1. The number of nitrogens with one attached hydrogen (secondary N) is 2. The lowest BCUT2D eigenvalue weighted by molar-refractivity contribution is -0.119. The first-order valence-electron chi connectivity index (χ1n) is 8.33. The molecular formula is C17H23N5O3S. The second-order valence-electron chi connectivity index (χ2n) is 5.36. The standard InChI is InChI=1S/C17H23N5O3S/c1-5-18-16(24)19-15(23)11(3)26-17-21-20-14(22(17)6-2)12-9-7-8-10-13(12)25-4/h7-11H,5-6H2,1-4H3,(H2,18,19,23,24). The Balaban J connectivity index is 2.20. The van der Waals surface area contributed by atoms with E-state index >= 15 is 0 Å². The molecule has 1 atom stereocenters. The zero-order valence-electron chi connectivity index (χ0n) is 15.3. The van der Waals surface area contributed by atoms with Gasteiger partial charge in [-0.15, -0.1) is 10.2 Å². The van der Waals surface area contributed by atoms with E-state index in [1.807, 2.05) is 35.8 Å². The van der Waals surface area contributed by atoms with Crippen LogP contribution in [0.5, 0.6) is 5.75 Å². The van der Waals surface area contributed by atoms with E-state index in [0.29, 0.717) is 29.8 Å². The molecule has 2 aromatic rings. The molecule has 1 aromatic carbocycles. The molecule has 0 aliphatic heterocycles. The summed E-state index contributed by atoms with van der Waals surface area (Å²) in [6.45, 7) is 6.56. The van der Waals surface area contributed by atoms with Crippen LogP contribution in [0.3, 0.4) is 0 Å². The van der Waals surface area contributed by atoms with E-state index in [1.165, 1.54) is 11.8 Å². The Kier molecular flexibility index (Phi) is 7.02. The van der Waals surface area contributed by atoms with Crippen molar-refractivity contribution in [1.29, 1.82) is 0 Å². The van der Waals surface area contributed by atoms with Crippen LogP contribution in [0.1, 0.15) is 20.8 Å². The largest absolute Gasteiger partial charge is 0.496 e. The molecule has 0 saturated carbocycles. The summed E-state index contributed by atoms with van der Waals surface area (Å²) in [5.74, 6) is 0.988. The van der Waals surface area contributed by atoms with Crippen molar-refractivity contribution in [2.75, 3.05) is 13.7 Å². The van der Waals surface area contributed by atoms with E-state index in [1.54, 1.807) is 21.0 Å². The van der Waals surface area contributed by atoms with Gasteiger partial charge in [-0.2, -0.15) is 0 Å². The number of urea groups is 1. The summed E-state index contributed by atoms with van der Waals surface area (Å²) >= 11 is 1.25. The first kappa shape index (κ1) is 19.8. The molecule has 0 spiro atoms. The summed E-state index contributed by atoms with van der Waals surface area (Å²) < 4.78 is 7.31. The van der Waals surface area contributed by atoms with Crippen LogP contribution >= 0.6 is 11.8 Å². The number of para-hydroxylation sites is 1. The average molecular weight is 377 g/mol. The Labute approximate surface area is 156 Å². The molecule has 8 nitrogen and oxygen atoms in total. The molecule has 1 heterocycles. The van der Waals surface area contributed by atoms with Gasteiger partial charge in [-0.05, 0) is 32.9 Å². The Morgan fingerprint density at radius 3 is 2.65 bits per heavy atom. The quantitative estimate of drug-likeness (QED) is 0.719. The number of carbonyl (C=O) groups is 2. The highest BCUT2D eigenvalue weighted by Gasteiger charge is 2.22. The topological polar surface area (TPSA) is 98.1 Å². The van der Waals surface area contributed by atoms with Gasteiger partial charge in [0.05, 0.1) is 17.9 Å². The molecule has 2 rings (SSSR count). The van der Waals surface area contributed by atoms with E-state index < -0.39 is 11.3 Å². The Bertz CT molecular complexity index is 778. The maximum Gasteiger partial charge on any atom is 0.321 e. The van der Waals surface area contributed by atoms with Crippen LogP contribution in [0.25, 0.3) is 11.4 Å². The number of aromatic nitrogens is 3. The van der Waals surface area contributed by atoms with Gasteiger partial charge in [0.2, 0.25) is 5.91 Å². The van der Waals surface area contributed by atoms with Gasteiger partial charge in [-0.1, -0.05) is 23.9 Å². The number of ether oxygens (including phenoxy) is 1. The number of thioether (sulfide) groups is 1. The molecule has 1 unspecified atom stereocenters. The van der Waals surface area contributed by atoms with Crippen LogP contribution in [-0.4, -0.2) is 45.6 Å². The smallest absolute Gasteiger partial charge is 0.321 e. The second kappa shape index (κ2) is 9.23. The van der Waals surface area contributed by atoms with Crippen molar-refractivity contribution in [3.05, 3.63) is 24.3 Å². The molecule has 9 heteroatoms. The van der Waals surface area contributed by atoms with Crippen molar-refractivity contribution in [2.45, 2.75) is 37.7 Å². The van der Waals surface area contributed by atoms with Crippen molar-refractivity contribution in [3.8, 4) is 17.1 Å². The van der Waals surface area contributed by atoms with Gasteiger partial charge >= 0.3 is 6.03 Å². The first-order chi connectivity index (χ1) is 12.5. The molecule has 26 heavy (non-hydrogen) atoms. The summed E-state index contributed by atoms with van der Waals surface area (Å²) in [7, 11) is 1.61. The minimum absolute atomic E-state index is 0.384. The number of rotatable bonds is 7. The maximum absolute atomic E-state index is 12.1. The number of amides is 3. The van der Waals surface area contributed by atoms with Crippen LogP contribution < -0.4 is 15.4 Å². The first-order valence-corrected chi connectivity index (χ1v) is 9.21. The van der Waals surface area contributed by atoms with Crippen LogP contribution in [0, 0.1) is 0 Å². The highest BCUT2D eigenvalue weighted by molar-refractivity contribution is 8.00. The molecule has 0 fully saturated rings. The summed E-state index contributed by atoms with van der Waals surface area (Å²) in [5, 5.41) is 13.4. The van der Waals surface area contributed by atoms with E-state index in [0.717, 1.165) is 5.56 Å². The molecule has 3 amide bonds. The van der Waals surface area contributed by atoms with E-state index in [-0.39, 0.29) is 5.91 Å². The molecule has 0 radical (unpaired) electrons. The van der Waals surface area contributed by atoms with Crippen LogP contribution in [-0.2, 0) is 11.3 Å². The van der Waals surface area contributed by atoms with Crippen LogP contribution in [0.15, 0.2) is 29.4 Å². The molecular weight excluding hydrogens is 354 g/mol. The molecule has 140 valence electrons. The minimum atomic E-state index is -0.503. The normalized spacial score (nSPS) is 11.7. The fourth-order valence-corrected chi connectivity index (χ4v) is 3.23. The average Bonchev–Trinajstić information content (AvgIpc) is 3.03. The van der Waals surface area contributed by atoms with Crippen molar-refractivity contribution in [1.82, 2.24) is 25.4 Å². The number of benzene rings is 1. The highest BCUT2D eigenvalue weighted by atomic mass is 32.2. The Morgan fingerprint density at radius 1 is 1.27 bits per heavy atom. The number of nitrogens with zero attached hydrogens (tertiary/aromatic N) is 3. The minimum Gasteiger partial charge on any atom is -0.496 e. The molecule has 0 aliphatic rings. The number of carbonyl (C=O) groups excluding carboxylic acids is 2. The lowest BCUT2D eigenvalue weighted by Gasteiger charge is -2.13. The third-order valence-corrected chi connectivity index (χ3v) is 4.69. The van der Waals surface area contributed by atoms with Crippen molar-refractivity contribution >= 4 is 23.7 Å². The van der Waals surface area contributed by atoms with Crippen LogP contribution in [0.4, 0.5) is 4.79 Å². The van der Waals surface area contributed by atoms with Gasteiger partial charge in [0, 0.05) is 13.1 Å². The molecule has 2 N–H and O–H groups in total. The van der Waals surface area contributed by atoms with Crippen molar-refractivity contribution in [2.24, 2.45) is 0 Å². The van der Waals surface area contributed by atoms with Crippen molar-refractivity contribution in [3.63, 3.8) is 0 Å². The number of hydrogen-bond donors (Lipinski definition) is 2. The predicted octanol–water partition coefficient (Wildman–Crippen LogP) is 2.30. The summed E-state index contributed by atoms with van der Waals surface area (Å²) in [5.41, 5.74) is 0.829. The van der Waals surface area contributed by atoms with E-state index in [9.17, 15) is 9.59 Å². The lowest BCUT2D eigenvalue weighted by atomic mass is 10.2. The fourth-order valence-electron chi connectivity index (χ4n) is 2.32. The molecule has 1 aromatic heterocycles. The van der Waals surface area contributed by atoms with Gasteiger partial charge in [0.15, 0.2) is 11.0 Å². The monoisotopic (exact) mass is 377 g/mol. The number of hydrogen-bond acceptors (Lipinski definition) is 6. The molecule has 0 aliphatic carbocycles. The van der Waals surface area contributed by atoms with Crippen molar-refractivity contribution < 1.29 is 14.3 Å². The maximum atomic E-state index is 12.1. The van der Waals surface area contributed by atoms with Gasteiger partial charge in [-0.3, -0.25) is 10.1 Å². The van der Waals surface area contributed by atoms with Gasteiger partial charge in [0.25, 0.3) is 0 Å². The number of methoxy groups -OCH3 is 1. The molecule has 0 saturated heterocycles. The van der Waals surface area contributed by atoms with E-state index in [4.69, 9.17) is 4.74 Å². The Morgan fingerprint density at radius 2 is 2.00 bits per heavy atom. The fraction of sp³-hybridized carbons (Fsp3) is 0.412. The van der Waals surface area contributed by atoms with Gasteiger partial charge < -0.3 is 14.6 Å². The summed E-state index contributed by atoms with van der Waals surface area (Å²) in [6, 6.07) is 7.06. The third-order valence-electron chi connectivity index (χ3n) is 3.61. The van der Waals surface area contributed by atoms with Crippen LogP contribution in [0.2, 0.25) is 0 Å². The summed E-state index contributed by atoms with van der Waals surface area (Å²) in [6.07, 6.45) is 0. The lowest BCUT2D eigenvalue weighted by Crippen LogP contribution is -2.42. The van der Waals surface area contributed by atoms with Gasteiger partial charge in [-0.25, -0.2) is 4.79 Å². The predicted molar refractivity (Wildman–Crippen MR) is 100 cm³/mol. The zero-order chi connectivity index (χ0) is 19.1. The summed E-state index contributed by atoms with van der Waals surface area (Å²) in [4.78, 5) is 23.6. The van der Waals surface area contributed by atoms with E-state index in [2.05, 4.69) is 20.8 Å². The highest BCUT2D eigenvalue weighted by Crippen LogP contribution is 2.31.